The van der Waals surface area contributed by atoms with E-state index in [1.807, 2.05) is 0 Å². The molecule has 4 heteroatoms. The minimum absolute atomic E-state index is 0.628. The zero-order valence-corrected chi connectivity index (χ0v) is 22.5. The highest BCUT2D eigenvalue weighted by molar-refractivity contribution is 5.04. The van der Waals surface area contributed by atoms with Crippen molar-refractivity contribution in [2.24, 2.45) is 46.3 Å². The molecule has 4 N–H and O–H groups in total. The summed E-state index contributed by atoms with van der Waals surface area (Å²) in [7, 11) is 0. The van der Waals surface area contributed by atoms with Crippen LogP contribution in [-0.4, -0.2) is 52.4 Å². The minimum atomic E-state index is 0.628. The van der Waals surface area contributed by atoms with Crippen LogP contribution in [0.1, 0.15) is 85.5 Å². The Balaban J connectivity index is 0.878. The Kier molecular flexibility index (Phi) is 9.20. The summed E-state index contributed by atoms with van der Waals surface area (Å²) in [5, 5.41) is 14.8. The molecule has 6 unspecified atom stereocenters. The molecule has 0 aromatic rings. The van der Waals surface area contributed by atoms with Crippen molar-refractivity contribution in [3.05, 3.63) is 0 Å². The predicted octanol–water partition coefficient (Wildman–Crippen LogP) is 4.66. The molecule has 33 heavy (non-hydrogen) atoms. The van der Waals surface area contributed by atoms with E-state index in [4.69, 9.17) is 0 Å². The van der Waals surface area contributed by atoms with Crippen LogP contribution in [0, 0.1) is 46.3 Å². The van der Waals surface area contributed by atoms with E-state index in [-0.39, 0.29) is 0 Å². The number of hydrogen-bond donors (Lipinski definition) is 4. The van der Waals surface area contributed by atoms with E-state index in [0.29, 0.717) is 10.8 Å². The monoisotopic (exact) mass is 460 g/mol. The summed E-state index contributed by atoms with van der Waals surface area (Å²) in [5.41, 5.74) is 1.26. The van der Waals surface area contributed by atoms with E-state index in [2.05, 4.69) is 49.0 Å². The van der Waals surface area contributed by atoms with Crippen molar-refractivity contribution >= 4 is 0 Å². The van der Waals surface area contributed by atoms with Gasteiger partial charge in [-0.05, 0) is 156 Å². The lowest BCUT2D eigenvalue weighted by atomic mass is 9.45. The molecule has 0 spiro atoms. The second-order valence-corrected chi connectivity index (χ2v) is 13.4. The molecule has 0 aliphatic heterocycles. The maximum absolute atomic E-state index is 3.75. The van der Waals surface area contributed by atoms with Gasteiger partial charge in [0.05, 0.1) is 0 Å². The van der Waals surface area contributed by atoms with Gasteiger partial charge in [-0.2, -0.15) is 0 Å². The second-order valence-electron chi connectivity index (χ2n) is 13.4. The van der Waals surface area contributed by atoms with E-state index in [0.717, 1.165) is 61.7 Å². The van der Waals surface area contributed by atoms with Crippen molar-refractivity contribution < 1.29 is 0 Å². The molecule has 6 atom stereocenters. The van der Waals surface area contributed by atoms with E-state index >= 15 is 0 Å². The highest BCUT2D eigenvalue weighted by atomic mass is 14.9. The van der Waals surface area contributed by atoms with Crippen LogP contribution in [0.5, 0.6) is 0 Å². The lowest BCUT2D eigenvalue weighted by Crippen LogP contribution is -2.54. The highest BCUT2D eigenvalue weighted by Gasteiger charge is 2.54. The average molecular weight is 461 g/mol. The molecule has 0 aromatic heterocycles. The fraction of sp³-hybridized carbons (Fsp3) is 1.00. The topological polar surface area (TPSA) is 48.1 Å². The van der Waals surface area contributed by atoms with Gasteiger partial charge in [0.15, 0.2) is 0 Å². The third-order valence-corrected chi connectivity index (χ3v) is 10.9. The SMILES string of the molecule is CC1(C)C2CCC(CNCCCNCCCNCCCNCC3CCC4CC3C4(C)C)C1C2. The maximum atomic E-state index is 3.75. The van der Waals surface area contributed by atoms with Gasteiger partial charge in [0.1, 0.15) is 0 Å². The standard InChI is InChI=1S/C29H56N4/c1-28(2)24-10-8-22(26(28)18-24)20-32-16-6-14-30-12-5-13-31-15-7-17-33-21-23-9-11-25-19-27(23)29(25,3)4/h22-27,30-33H,5-21H2,1-4H3. The summed E-state index contributed by atoms with van der Waals surface area (Å²) < 4.78 is 0. The molecule has 192 valence electrons. The molecule has 6 saturated carbocycles. The smallest absolute Gasteiger partial charge is 0.00177 e. The van der Waals surface area contributed by atoms with Crippen molar-refractivity contribution in [1.82, 2.24) is 21.3 Å². The van der Waals surface area contributed by atoms with Gasteiger partial charge in [-0.3, -0.25) is 0 Å². The lowest BCUT2D eigenvalue weighted by molar-refractivity contribution is -0.103. The van der Waals surface area contributed by atoms with Crippen LogP contribution in [0.4, 0.5) is 0 Å². The van der Waals surface area contributed by atoms with Gasteiger partial charge in [-0.1, -0.05) is 27.7 Å². The van der Waals surface area contributed by atoms with Crippen LogP contribution < -0.4 is 21.3 Å². The van der Waals surface area contributed by atoms with E-state index < -0.39 is 0 Å². The Morgan fingerprint density at radius 3 is 1.21 bits per heavy atom. The van der Waals surface area contributed by atoms with Crippen molar-refractivity contribution in [3.63, 3.8) is 0 Å². The zero-order valence-electron chi connectivity index (χ0n) is 22.5. The summed E-state index contributed by atoms with van der Waals surface area (Å²) in [6, 6.07) is 0. The van der Waals surface area contributed by atoms with Crippen LogP contribution in [0.15, 0.2) is 0 Å². The van der Waals surface area contributed by atoms with Gasteiger partial charge in [0.25, 0.3) is 0 Å². The maximum Gasteiger partial charge on any atom is -0.00177 e. The first-order valence-corrected chi connectivity index (χ1v) is 14.7. The number of nitrogens with one attached hydrogen (secondary N) is 4. The molecule has 0 aromatic carbocycles. The van der Waals surface area contributed by atoms with Gasteiger partial charge in [0.2, 0.25) is 0 Å². The molecule has 0 amide bonds. The normalized spacial score (nSPS) is 35.6. The second kappa shape index (κ2) is 11.7. The van der Waals surface area contributed by atoms with Gasteiger partial charge in [-0.25, -0.2) is 0 Å². The number of hydrogen-bond acceptors (Lipinski definition) is 4. The fourth-order valence-corrected chi connectivity index (χ4v) is 8.25. The first-order valence-electron chi connectivity index (χ1n) is 14.7. The molecule has 0 saturated heterocycles. The van der Waals surface area contributed by atoms with E-state index in [9.17, 15) is 0 Å². The molecule has 6 rings (SSSR count). The zero-order chi connectivity index (χ0) is 23.3. The summed E-state index contributed by atoms with van der Waals surface area (Å²) in [6.07, 6.45) is 12.6. The highest BCUT2D eigenvalue weighted by Crippen LogP contribution is 2.62. The quantitative estimate of drug-likeness (QED) is 0.253. The first kappa shape index (κ1) is 25.9. The molecule has 0 heterocycles. The van der Waals surface area contributed by atoms with Gasteiger partial charge >= 0.3 is 0 Å². The van der Waals surface area contributed by atoms with Crippen LogP contribution in [0.2, 0.25) is 0 Å². The molecule has 6 aliphatic carbocycles. The third kappa shape index (κ3) is 6.16. The Morgan fingerprint density at radius 2 is 0.879 bits per heavy atom. The molecule has 4 nitrogen and oxygen atoms in total. The lowest BCUT2D eigenvalue weighted by Gasteiger charge is -2.60. The van der Waals surface area contributed by atoms with Gasteiger partial charge < -0.3 is 21.3 Å². The van der Waals surface area contributed by atoms with Crippen LogP contribution >= 0.6 is 0 Å². The van der Waals surface area contributed by atoms with Gasteiger partial charge in [-0.15, -0.1) is 0 Å². The van der Waals surface area contributed by atoms with Gasteiger partial charge in [0, 0.05) is 0 Å². The van der Waals surface area contributed by atoms with Crippen molar-refractivity contribution in [2.75, 3.05) is 52.4 Å². The summed E-state index contributed by atoms with van der Waals surface area (Å²) >= 11 is 0. The van der Waals surface area contributed by atoms with Crippen molar-refractivity contribution in [2.45, 2.75) is 85.5 Å². The Hall–Kier alpha value is -0.160. The first-order chi connectivity index (χ1) is 15.9. The minimum Gasteiger partial charge on any atom is -0.317 e. The summed E-state index contributed by atoms with van der Waals surface area (Å²) in [4.78, 5) is 0. The Labute approximate surface area is 205 Å². The van der Waals surface area contributed by atoms with E-state index in [1.165, 1.54) is 84.0 Å². The predicted molar refractivity (Wildman–Crippen MR) is 142 cm³/mol. The Morgan fingerprint density at radius 1 is 0.515 bits per heavy atom. The molecule has 0 radical (unpaired) electrons. The summed E-state index contributed by atoms with van der Waals surface area (Å²) in [5.74, 6) is 5.89. The average Bonchev–Trinajstić information content (AvgIpc) is 2.81. The molecule has 6 aliphatic rings. The van der Waals surface area contributed by atoms with E-state index in [1.54, 1.807) is 0 Å². The summed E-state index contributed by atoms with van der Waals surface area (Å²) in [6.45, 7) is 19.5. The Bertz CT molecular complexity index is 534. The van der Waals surface area contributed by atoms with Crippen LogP contribution in [0.25, 0.3) is 0 Å². The van der Waals surface area contributed by atoms with Crippen LogP contribution in [0.3, 0.4) is 0 Å². The fourth-order valence-electron chi connectivity index (χ4n) is 8.25. The van der Waals surface area contributed by atoms with Crippen molar-refractivity contribution in [1.29, 1.82) is 0 Å². The largest absolute Gasteiger partial charge is 0.317 e. The van der Waals surface area contributed by atoms with Crippen molar-refractivity contribution in [3.8, 4) is 0 Å². The molecular weight excluding hydrogens is 404 g/mol. The molecular formula is C29H56N4. The number of rotatable bonds is 16. The van der Waals surface area contributed by atoms with Crippen LogP contribution in [-0.2, 0) is 0 Å². The number of fused-ring (bicyclic) bond motifs is 4. The molecule has 6 fully saturated rings. The molecule has 4 bridgehead atoms. The third-order valence-electron chi connectivity index (χ3n) is 10.9.